The predicted octanol–water partition coefficient (Wildman–Crippen LogP) is 3.10. The van der Waals surface area contributed by atoms with Gasteiger partial charge in [0.15, 0.2) is 0 Å². The number of nitrogens with zero attached hydrogens (tertiary/aromatic N) is 1. The van der Waals surface area contributed by atoms with Crippen LogP contribution < -0.4 is 5.32 Å². The van der Waals surface area contributed by atoms with Crippen LogP contribution in [0.1, 0.15) is 38.0 Å². The Morgan fingerprint density at radius 2 is 2.29 bits per heavy atom. The molecule has 0 bridgehead atoms. The predicted molar refractivity (Wildman–Crippen MR) is 75.5 cm³/mol. The van der Waals surface area contributed by atoms with E-state index in [1.807, 2.05) is 11.3 Å². The summed E-state index contributed by atoms with van der Waals surface area (Å²) in [5.41, 5.74) is 0. The SMILES string of the molecule is CCC(CNC1CC1)N(CC)Cc1cccs1. The summed E-state index contributed by atoms with van der Waals surface area (Å²) in [6.07, 6.45) is 4.00. The Labute approximate surface area is 109 Å². The van der Waals surface area contributed by atoms with Gasteiger partial charge in [-0.3, -0.25) is 4.90 Å². The molecule has 1 aliphatic rings. The molecular formula is C14H24N2S. The molecule has 1 atom stereocenters. The number of thiophene rings is 1. The van der Waals surface area contributed by atoms with Crippen LogP contribution in [0, 0.1) is 0 Å². The van der Waals surface area contributed by atoms with E-state index < -0.39 is 0 Å². The Kier molecular flexibility index (Phi) is 5.01. The molecule has 2 rings (SSSR count). The first-order chi connectivity index (χ1) is 8.33. The molecule has 1 aromatic heterocycles. The Morgan fingerprint density at radius 3 is 2.82 bits per heavy atom. The van der Waals surface area contributed by atoms with Crippen molar-refractivity contribution >= 4 is 11.3 Å². The molecule has 1 heterocycles. The van der Waals surface area contributed by atoms with Crippen molar-refractivity contribution in [2.24, 2.45) is 0 Å². The first-order valence-electron chi connectivity index (χ1n) is 6.83. The average Bonchev–Trinajstić information content (AvgIpc) is 3.03. The standard InChI is InChI=1S/C14H24N2S/c1-3-13(10-15-12-7-8-12)16(4-2)11-14-6-5-9-17-14/h5-6,9,12-13,15H,3-4,7-8,10-11H2,1-2H3. The minimum atomic E-state index is 0.683. The van der Waals surface area contributed by atoms with Gasteiger partial charge < -0.3 is 5.32 Å². The van der Waals surface area contributed by atoms with Gasteiger partial charge in [-0.15, -0.1) is 11.3 Å². The van der Waals surface area contributed by atoms with E-state index in [9.17, 15) is 0 Å². The summed E-state index contributed by atoms with van der Waals surface area (Å²) < 4.78 is 0. The van der Waals surface area contributed by atoms with E-state index in [2.05, 4.69) is 41.6 Å². The van der Waals surface area contributed by atoms with Crippen LogP contribution in [0.2, 0.25) is 0 Å². The highest BCUT2D eigenvalue weighted by molar-refractivity contribution is 7.09. The monoisotopic (exact) mass is 252 g/mol. The molecule has 0 aliphatic heterocycles. The normalized spacial score (nSPS) is 17.6. The highest BCUT2D eigenvalue weighted by atomic mass is 32.1. The van der Waals surface area contributed by atoms with E-state index in [4.69, 9.17) is 0 Å². The largest absolute Gasteiger partial charge is 0.312 e. The van der Waals surface area contributed by atoms with Crippen molar-refractivity contribution < 1.29 is 0 Å². The summed E-state index contributed by atoms with van der Waals surface area (Å²) in [5, 5.41) is 5.84. The molecule has 1 saturated carbocycles. The molecule has 96 valence electrons. The van der Waals surface area contributed by atoms with Crippen LogP contribution in [-0.2, 0) is 6.54 Å². The van der Waals surface area contributed by atoms with Crippen LogP contribution in [-0.4, -0.2) is 30.1 Å². The molecule has 1 unspecified atom stereocenters. The van der Waals surface area contributed by atoms with Crippen LogP contribution in [0.3, 0.4) is 0 Å². The van der Waals surface area contributed by atoms with Crippen LogP contribution in [0.15, 0.2) is 17.5 Å². The zero-order chi connectivity index (χ0) is 12.1. The lowest BCUT2D eigenvalue weighted by molar-refractivity contribution is 0.188. The van der Waals surface area contributed by atoms with Crippen LogP contribution >= 0.6 is 11.3 Å². The lowest BCUT2D eigenvalue weighted by Crippen LogP contribution is -2.42. The zero-order valence-electron chi connectivity index (χ0n) is 11.0. The van der Waals surface area contributed by atoms with E-state index in [0.29, 0.717) is 6.04 Å². The molecule has 1 N–H and O–H groups in total. The fourth-order valence-electron chi connectivity index (χ4n) is 2.22. The molecule has 0 radical (unpaired) electrons. The summed E-state index contributed by atoms with van der Waals surface area (Å²) >= 11 is 1.87. The Hall–Kier alpha value is -0.380. The van der Waals surface area contributed by atoms with Crippen LogP contribution in [0.5, 0.6) is 0 Å². The Bertz CT molecular complexity index is 306. The van der Waals surface area contributed by atoms with Gasteiger partial charge in [0.05, 0.1) is 0 Å². The number of hydrogen-bond donors (Lipinski definition) is 1. The molecule has 1 aromatic rings. The molecular weight excluding hydrogens is 228 g/mol. The second kappa shape index (κ2) is 6.53. The molecule has 0 spiro atoms. The number of nitrogens with one attached hydrogen (secondary N) is 1. The van der Waals surface area contributed by atoms with E-state index in [0.717, 1.165) is 25.7 Å². The molecule has 1 aliphatic carbocycles. The molecule has 3 heteroatoms. The fraction of sp³-hybridized carbons (Fsp3) is 0.714. The third kappa shape index (κ3) is 4.09. The van der Waals surface area contributed by atoms with Crippen molar-refractivity contribution in [3.63, 3.8) is 0 Å². The Morgan fingerprint density at radius 1 is 1.47 bits per heavy atom. The van der Waals surface area contributed by atoms with Gasteiger partial charge in [0, 0.05) is 30.1 Å². The van der Waals surface area contributed by atoms with Gasteiger partial charge in [0.2, 0.25) is 0 Å². The summed E-state index contributed by atoms with van der Waals surface area (Å²) in [6, 6.07) is 5.90. The molecule has 1 fully saturated rings. The van der Waals surface area contributed by atoms with Gasteiger partial charge in [0.25, 0.3) is 0 Å². The van der Waals surface area contributed by atoms with Crippen LogP contribution in [0.4, 0.5) is 0 Å². The first-order valence-corrected chi connectivity index (χ1v) is 7.71. The highest BCUT2D eigenvalue weighted by Gasteiger charge is 2.23. The molecule has 0 saturated heterocycles. The quantitative estimate of drug-likeness (QED) is 0.765. The summed E-state index contributed by atoms with van der Waals surface area (Å²) in [4.78, 5) is 4.08. The summed E-state index contributed by atoms with van der Waals surface area (Å²) in [5.74, 6) is 0. The van der Waals surface area contributed by atoms with Crippen molar-refractivity contribution in [3.05, 3.63) is 22.4 Å². The minimum Gasteiger partial charge on any atom is -0.312 e. The van der Waals surface area contributed by atoms with Crippen LogP contribution in [0.25, 0.3) is 0 Å². The third-order valence-corrected chi connectivity index (χ3v) is 4.41. The molecule has 17 heavy (non-hydrogen) atoms. The van der Waals surface area contributed by atoms with Gasteiger partial charge in [-0.2, -0.15) is 0 Å². The van der Waals surface area contributed by atoms with Crippen molar-refractivity contribution in [2.75, 3.05) is 13.1 Å². The fourth-order valence-corrected chi connectivity index (χ4v) is 2.95. The maximum absolute atomic E-state index is 3.66. The van der Waals surface area contributed by atoms with Crippen molar-refractivity contribution in [1.82, 2.24) is 10.2 Å². The van der Waals surface area contributed by atoms with Gasteiger partial charge in [-0.25, -0.2) is 0 Å². The van der Waals surface area contributed by atoms with E-state index in [1.165, 1.54) is 24.1 Å². The zero-order valence-corrected chi connectivity index (χ0v) is 11.8. The first kappa shape index (κ1) is 13.1. The maximum Gasteiger partial charge on any atom is 0.0331 e. The smallest absolute Gasteiger partial charge is 0.0331 e. The average molecular weight is 252 g/mol. The second-order valence-electron chi connectivity index (χ2n) is 4.89. The van der Waals surface area contributed by atoms with Crippen molar-refractivity contribution in [1.29, 1.82) is 0 Å². The van der Waals surface area contributed by atoms with E-state index in [1.54, 1.807) is 0 Å². The maximum atomic E-state index is 3.66. The molecule has 0 aromatic carbocycles. The Balaban J connectivity index is 1.84. The highest BCUT2D eigenvalue weighted by Crippen LogP contribution is 2.20. The van der Waals surface area contributed by atoms with Gasteiger partial charge in [-0.05, 0) is 37.3 Å². The van der Waals surface area contributed by atoms with E-state index in [-0.39, 0.29) is 0 Å². The van der Waals surface area contributed by atoms with Crippen molar-refractivity contribution in [2.45, 2.75) is 51.7 Å². The number of rotatable bonds is 8. The third-order valence-electron chi connectivity index (χ3n) is 3.55. The molecule has 0 amide bonds. The number of likely N-dealkylation sites (N-methyl/N-ethyl adjacent to an activating group) is 1. The lowest BCUT2D eigenvalue weighted by atomic mass is 10.2. The van der Waals surface area contributed by atoms with Gasteiger partial charge in [-0.1, -0.05) is 19.9 Å². The van der Waals surface area contributed by atoms with Crippen molar-refractivity contribution in [3.8, 4) is 0 Å². The minimum absolute atomic E-state index is 0.683. The summed E-state index contributed by atoms with van der Waals surface area (Å²) in [7, 11) is 0. The molecule has 2 nitrogen and oxygen atoms in total. The van der Waals surface area contributed by atoms with Gasteiger partial charge >= 0.3 is 0 Å². The van der Waals surface area contributed by atoms with Gasteiger partial charge in [0.1, 0.15) is 0 Å². The summed E-state index contributed by atoms with van der Waals surface area (Å²) in [6.45, 7) is 7.98. The number of hydrogen-bond acceptors (Lipinski definition) is 3. The lowest BCUT2D eigenvalue weighted by Gasteiger charge is -2.30. The second-order valence-corrected chi connectivity index (χ2v) is 5.92. The van der Waals surface area contributed by atoms with E-state index >= 15 is 0 Å². The topological polar surface area (TPSA) is 15.3 Å².